The van der Waals surface area contributed by atoms with Crippen molar-refractivity contribution in [3.63, 3.8) is 0 Å². The SMILES string of the molecule is C=C(C)C#CC(OC(=O)c1cccc(OC)c1)C(C)CCC. The second kappa shape index (κ2) is 8.94. The van der Waals surface area contributed by atoms with E-state index in [1.807, 2.05) is 13.8 Å². The minimum absolute atomic E-state index is 0.173. The van der Waals surface area contributed by atoms with Crippen LogP contribution < -0.4 is 4.74 Å². The molecule has 1 aromatic rings. The van der Waals surface area contributed by atoms with Gasteiger partial charge in [0.25, 0.3) is 0 Å². The molecular weight excluding hydrogens is 276 g/mol. The topological polar surface area (TPSA) is 35.5 Å². The number of carbonyl (C=O) groups excluding carboxylic acids is 1. The Morgan fingerprint density at radius 3 is 2.73 bits per heavy atom. The van der Waals surface area contributed by atoms with Crippen LogP contribution in [0.3, 0.4) is 0 Å². The van der Waals surface area contributed by atoms with E-state index >= 15 is 0 Å². The molecule has 0 aliphatic rings. The maximum atomic E-state index is 12.3. The standard InChI is InChI=1S/C19H24O3/c1-6-8-15(4)18(12-11-14(2)3)22-19(20)16-9-7-10-17(13-16)21-5/h7,9-10,13,15,18H,2,6,8H2,1,3-5H3. The number of rotatable bonds is 6. The van der Waals surface area contributed by atoms with Crippen LogP contribution in [0.2, 0.25) is 0 Å². The molecule has 0 aliphatic carbocycles. The van der Waals surface area contributed by atoms with Crippen LogP contribution in [-0.2, 0) is 4.74 Å². The number of methoxy groups -OCH3 is 1. The average molecular weight is 300 g/mol. The Kier molecular flexibility index (Phi) is 7.25. The Morgan fingerprint density at radius 2 is 2.14 bits per heavy atom. The monoisotopic (exact) mass is 300 g/mol. The molecule has 0 saturated heterocycles. The summed E-state index contributed by atoms with van der Waals surface area (Å²) in [6, 6.07) is 6.92. The summed E-state index contributed by atoms with van der Waals surface area (Å²) in [6.07, 6.45) is 1.53. The number of allylic oxidation sites excluding steroid dienone is 1. The lowest BCUT2D eigenvalue weighted by molar-refractivity contribution is 0.0304. The Balaban J connectivity index is 2.90. The van der Waals surface area contributed by atoms with Crippen LogP contribution in [0.1, 0.15) is 44.0 Å². The molecule has 0 fully saturated rings. The predicted molar refractivity (Wildman–Crippen MR) is 88.9 cm³/mol. The van der Waals surface area contributed by atoms with E-state index in [2.05, 4.69) is 25.3 Å². The number of hydrogen-bond acceptors (Lipinski definition) is 3. The van der Waals surface area contributed by atoms with Crippen molar-refractivity contribution in [3.8, 4) is 17.6 Å². The lowest BCUT2D eigenvalue weighted by atomic mass is 9.99. The molecule has 3 nitrogen and oxygen atoms in total. The van der Waals surface area contributed by atoms with E-state index in [1.54, 1.807) is 31.4 Å². The summed E-state index contributed by atoms with van der Waals surface area (Å²) in [5.41, 5.74) is 1.22. The molecule has 0 N–H and O–H groups in total. The molecule has 0 radical (unpaired) electrons. The first-order chi connectivity index (χ1) is 10.5. The van der Waals surface area contributed by atoms with Gasteiger partial charge in [-0.25, -0.2) is 4.79 Å². The van der Waals surface area contributed by atoms with Crippen molar-refractivity contribution >= 4 is 5.97 Å². The summed E-state index contributed by atoms with van der Waals surface area (Å²) < 4.78 is 10.7. The zero-order valence-electron chi connectivity index (χ0n) is 13.8. The van der Waals surface area contributed by atoms with Crippen molar-refractivity contribution in [2.75, 3.05) is 7.11 Å². The number of benzene rings is 1. The van der Waals surface area contributed by atoms with E-state index in [9.17, 15) is 4.79 Å². The minimum Gasteiger partial charge on any atom is -0.497 e. The maximum Gasteiger partial charge on any atom is 0.339 e. The first-order valence-corrected chi connectivity index (χ1v) is 7.50. The zero-order chi connectivity index (χ0) is 16.5. The Bertz CT molecular complexity index is 578. The molecule has 0 saturated carbocycles. The van der Waals surface area contributed by atoms with Crippen molar-refractivity contribution < 1.29 is 14.3 Å². The second-order valence-corrected chi connectivity index (χ2v) is 5.37. The number of hydrogen-bond donors (Lipinski definition) is 0. The highest BCUT2D eigenvalue weighted by Crippen LogP contribution is 2.18. The Labute approximate surface area is 133 Å². The molecule has 0 aliphatic heterocycles. The lowest BCUT2D eigenvalue weighted by Crippen LogP contribution is -2.24. The van der Waals surface area contributed by atoms with E-state index in [4.69, 9.17) is 9.47 Å². The van der Waals surface area contributed by atoms with Crippen LogP contribution in [-0.4, -0.2) is 19.2 Å². The van der Waals surface area contributed by atoms with Gasteiger partial charge in [0.2, 0.25) is 0 Å². The van der Waals surface area contributed by atoms with Gasteiger partial charge in [-0.2, -0.15) is 0 Å². The van der Waals surface area contributed by atoms with E-state index in [0.717, 1.165) is 18.4 Å². The minimum atomic E-state index is -0.435. The molecular formula is C19H24O3. The summed E-state index contributed by atoms with van der Waals surface area (Å²) >= 11 is 0. The van der Waals surface area contributed by atoms with E-state index in [-0.39, 0.29) is 11.9 Å². The number of ether oxygens (including phenoxy) is 2. The molecule has 0 heterocycles. The molecule has 0 spiro atoms. The molecule has 0 bridgehead atoms. The first kappa shape index (κ1) is 17.8. The first-order valence-electron chi connectivity index (χ1n) is 7.50. The van der Waals surface area contributed by atoms with Gasteiger partial charge in [-0.05, 0) is 37.1 Å². The third kappa shape index (κ3) is 5.65. The van der Waals surface area contributed by atoms with Crippen molar-refractivity contribution in [2.24, 2.45) is 5.92 Å². The van der Waals surface area contributed by atoms with Crippen molar-refractivity contribution in [2.45, 2.75) is 39.7 Å². The van der Waals surface area contributed by atoms with Gasteiger partial charge in [0, 0.05) is 5.92 Å². The maximum absolute atomic E-state index is 12.3. The van der Waals surface area contributed by atoms with Gasteiger partial charge in [-0.3, -0.25) is 0 Å². The normalized spacial score (nSPS) is 12.5. The summed E-state index contributed by atoms with van der Waals surface area (Å²) in [4.78, 5) is 12.3. The molecule has 0 amide bonds. The van der Waals surface area contributed by atoms with Crippen LogP contribution in [0.5, 0.6) is 5.75 Å². The quantitative estimate of drug-likeness (QED) is 0.582. The van der Waals surface area contributed by atoms with E-state index in [1.165, 1.54) is 0 Å². The fourth-order valence-corrected chi connectivity index (χ4v) is 2.02. The van der Waals surface area contributed by atoms with Crippen molar-refractivity contribution in [1.29, 1.82) is 0 Å². The molecule has 1 rings (SSSR count). The van der Waals surface area contributed by atoms with E-state index < -0.39 is 6.10 Å². The van der Waals surface area contributed by atoms with Crippen molar-refractivity contribution in [3.05, 3.63) is 42.0 Å². The summed E-state index contributed by atoms with van der Waals surface area (Å²) in [5, 5.41) is 0. The zero-order valence-corrected chi connectivity index (χ0v) is 13.8. The van der Waals surface area contributed by atoms with Crippen molar-refractivity contribution in [1.82, 2.24) is 0 Å². The van der Waals surface area contributed by atoms with Crippen LogP contribution in [0.4, 0.5) is 0 Å². The van der Waals surface area contributed by atoms with Gasteiger partial charge < -0.3 is 9.47 Å². The number of esters is 1. The smallest absolute Gasteiger partial charge is 0.339 e. The van der Waals surface area contributed by atoms with Crippen LogP contribution in [0, 0.1) is 17.8 Å². The fourth-order valence-electron chi connectivity index (χ4n) is 2.02. The fraction of sp³-hybridized carbons (Fsp3) is 0.421. The van der Waals surface area contributed by atoms with Crippen LogP contribution in [0.15, 0.2) is 36.4 Å². The van der Waals surface area contributed by atoms with E-state index in [0.29, 0.717) is 11.3 Å². The van der Waals surface area contributed by atoms with Gasteiger partial charge in [-0.15, -0.1) is 0 Å². The molecule has 2 unspecified atom stereocenters. The highest BCUT2D eigenvalue weighted by atomic mass is 16.5. The third-order valence-corrected chi connectivity index (χ3v) is 3.23. The Morgan fingerprint density at radius 1 is 1.41 bits per heavy atom. The highest BCUT2D eigenvalue weighted by Gasteiger charge is 2.20. The predicted octanol–water partition coefficient (Wildman–Crippen LogP) is 4.24. The molecule has 0 aromatic heterocycles. The van der Waals surface area contributed by atoms with Gasteiger partial charge in [0.15, 0.2) is 6.10 Å². The Hall–Kier alpha value is -2.21. The van der Waals surface area contributed by atoms with Gasteiger partial charge in [-0.1, -0.05) is 44.8 Å². The summed E-state index contributed by atoms with van der Waals surface area (Å²) in [6.45, 7) is 9.74. The van der Waals surface area contributed by atoms with Gasteiger partial charge in [0.05, 0.1) is 12.7 Å². The summed E-state index contributed by atoms with van der Waals surface area (Å²) in [7, 11) is 1.56. The molecule has 1 aromatic carbocycles. The summed E-state index contributed by atoms with van der Waals surface area (Å²) in [5.74, 6) is 6.34. The van der Waals surface area contributed by atoms with Gasteiger partial charge in [0.1, 0.15) is 5.75 Å². The highest BCUT2D eigenvalue weighted by molar-refractivity contribution is 5.90. The van der Waals surface area contributed by atoms with Crippen LogP contribution in [0.25, 0.3) is 0 Å². The number of carbonyl (C=O) groups is 1. The lowest BCUT2D eigenvalue weighted by Gasteiger charge is -2.19. The molecule has 3 heteroatoms. The van der Waals surface area contributed by atoms with Gasteiger partial charge >= 0.3 is 5.97 Å². The second-order valence-electron chi connectivity index (χ2n) is 5.37. The molecule has 118 valence electrons. The molecule has 22 heavy (non-hydrogen) atoms. The third-order valence-electron chi connectivity index (χ3n) is 3.23. The van der Waals surface area contributed by atoms with Crippen LogP contribution >= 0.6 is 0 Å². The largest absolute Gasteiger partial charge is 0.497 e. The molecule has 2 atom stereocenters. The average Bonchev–Trinajstić information content (AvgIpc) is 2.51.